The number of aromatic amines is 1. The Hall–Kier alpha value is -4.50. The highest BCUT2D eigenvalue weighted by Crippen LogP contribution is 2.30. The molecular formula is C24H18ClN5O4. The van der Waals surface area contributed by atoms with Gasteiger partial charge in [0.15, 0.2) is 0 Å². The molecule has 34 heavy (non-hydrogen) atoms. The molecule has 4 aromatic rings. The first-order chi connectivity index (χ1) is 16.5. The van der Waals surface area contributed by atoms with Crippen LogP contribution in [0.2, 0.25) is 5.02 Å². The van der Waals surface area contributed by atoms with E-state index in [0.29, 0.717) is 27.6 Å². The summed E-state index contributed by atoms with van der Waals surface area (Å²) in [6, 6.07) is 22.1. The van der Waals surface area contributed by atoms with Crippen molar-refractivity contribution in [2.24, 2.45) is 5.10 Å². The van der Waals surface area contributed by atoms with Crippen molar-refractivity contribution in [3.05, 3.63) is 111 Å². The van der Waals surface area contributed by atoms with Crippen molar-refractivity contribution in [1.82, 2.24) is 15.6 Å². The van der Waals surface area contributed by atoms with Crippen molar-refractivity contribution in [2.75, 3.05) is 0 Å². The van der Waals surface area contributed by atoms with E-state index in [4.69, 9.17) is 16.3 Å². The summed E-state index contributed by atoms with van der Waals surface area (Å²) in [5, 5.41) is 22.1. The van der Waals surface area contributed by atoms with E-state index >= 15 is 0 Å². The maximum Gasteiger partial charge on any atom is 0.289 e. The van der Waals surface area contributed by atoms with Crippen LogP contribution in [-0.4, -0.2) is 27.2 Å². The molecule has 0 saturated heterocycles. The van der Waals surface area contributed by atoms with Gasteiger partial charge in [-0.2, -0.15) is 10.2 Å². The zero-order valence-corrected chi connectivity index (χ0v) is 18.4. The fourth-order valence-corrected chi connectivity index (χ4v) is 3.25. The van der Waals surface area contributed by atoms with Crippen LogP contribution in [-0.2, 0) is 6.61 Å². The number of hydrogen-bond donors (Lipinski definition) is 2. The topological polar surface area (TPSA) is 123 Å². The van der Waals surface area contributed by atoms with Gasteiger partial charge in [0.25, 0.3) is 11.6 Å². The summed E-state index contributed by atoms with van der Waals surface area (Å²) in [4.78, 5) is 22.6. The van der Waals surface area contributed by atoms with Crippen molar-refractivity contribution in [3.8, 4) is 17.0 Å². The average Bonchev–Trinajstić information content (AvgIpc) is 3.34. The predicted molar refractivity (Wildman–Crippen MR) is 128 cm³/mol. The summed E-state index contributed by atoms with van der Waals surface area (Å²) in [6.07, 6.45) is 1.39. The van der Waals surface area contributed by atoms with E-state index in [0.717, 1.165) is 5.56 Å². The Labute approximate surface area is 199 Å². The molecule has 2 N–H and O–H groups in total. The molecule has 0 aliphatic heterocycles. The van der Waals surface area contributed by atoms with Crippen molar-refractivity contribution in [1.29, 1.82) is 0 Å². The van der Waals surface area contributed by atoms with E-state index in [1.807, 2.05) is 42.5 Å². The first-order valence-corrected chi connectivity index (χ1v) is 10.5. The molecule has 10 heteroatoms. The van der Waals surface area contributed by atoms with Crippen LogP contribution < -0.4 is 10.2 Å². The number of benzene rings is 3. The number of non-ortho nitro benzene ring substituents is 1. The second-order valence-corrected chi connectivity index (χ2v) is 7.50. The quantitative estimate of drug-likeness (QED) is 0.211. The molecule has 1 heterocycles. The highest BCUT2D eigenvalue weighted by molar-refractivity contribution is 6.31. The summed E-state index contributed by atoms with van der Waals surface area (Å²) in [5.41, 5.74) is 5.26. The van der Waals surface area contributed by atoms with Crippen LogP contribution in [0, 0.1) is 10.1 Å². The van der Waals surface area contributed by atoms with Crippen LogP contribution >= 0.6 is 11.6 Å². The zero-order chi connectivity index (χ0) is 23.9. The largest absolute Gasteiger partial charge is 0.488 e. The predicted octanol–water partition coefficient (Wildman–Crippen LogP) is 4.98. The second kappa shape index (κ2) is 10.4. The second-order valence-electron chi connectivity index (χ2n) is 7.09. The summed E-state index contributed by atoms with van der Waals surface area (Å²) in [7, 11) is 0. The molecule has 0 unspecified atom stereocenters. The lowest BCUT2D eigenvalue weighted by Gasteiger charge is -2.11. The first kappa shape index (κ1) is 22.7. The minimum absolute atomic E-state index is 0.0256. The Balaban J connectivity index is 1.42. The maximum atomic E-state index is 12.4. The number of halogens is 1. The number of nitrogens with one attached hydrogen (secondary N) is 2. The standard InChI is InChI=1S/C24H18ClN5O4/c25-20-7-3-1-5-17(20)15-34-23-8-4-2-6-19(23)21-13-22(28-27-21)24(31)29-26-14-16-9-11-18(12-10-16)30(32)33/h1-14H,15H2,(H,27,28)(H,29,31)/b26-14+. The minimum atomic E-state index is -0.494. The van der Waals surface area contributed by atoms with Crippen molar-refractivity contribution in [2.45, 2.75) is 6.61 Å². The third-order valence-electron chi connectivity index (χ3n) is 4.81. The number of amides is 1. The van der Waals surface area contributed by atoms with Gasteiger partial charge in [-0.25, -0.2) is 5.43 Å². The number of nitrogens with zero attached hydrogens (tertiary/aromatic N) is 3. The van der Waals surface area contributed by atoms with E-state index < -0.39 is 10.8 Å². The highest BCUT2D eigenvalue weighted by atomic mass is 35.5. The van der Waals surface area contributed by atoms with E-state index in [1.165, 1.54) is 30.5 Å². The Morgan fingerprint density at radius 3 is 2.62 bits per heavy atom. The number of rotatable bonds is 8. The molecule has 0 spiro atoms. The summed E-state index contributed by atoms with van der Waals surface area (Å²) in [5.74, 6) is 0.100. The number of H-pyrrole nitrogens is 1. The number of ether oxygens (including phenoxy) is 1. The van der Waals surface area contributed by atoms with Crippen LogP contribution in [0.15, 0.2) is 84.0 Å². The molecule has 4 rings (SSSR count). The van der Waals surface area contributed by atoms with Gasteiger partial charge in [0.05, 0.1) is 16.8 Å². The van der Waals surface area contributed by atoms with Gasteiger partial charge in [-0.15, -0.1) is 0 Å². The van der Waals surface area contributed by atoms with E-state index in [-0.39, 0.29) is 18.0 Å². The molecule has 1 aromatic heterocycles. The SMILES string of the molecule is O=C(N/N=C/c1ccc([N+](=O)[O-])cc1)c1cc(-c2ccccc2OCc2ccccc2Cl)n[nH]1. The molecule has 0 aliphatic rings. The van der Waals surface area contributed by atoms with Gasteiger partial charge in [-0.3, -0.25) is 20.0 Å². The molecule has 9 nitrogen and oxygen atoms in total. The summed E-state index contributed by atoms with van der Waals surface area (Å²) < 4.78 is 5.96. The number of hydrazone groups is 1. The molecule has 0 fully saturated rings. The molecule has 0 radical (unpaired) electrons. The molecule has 0 atom stereocenters. The van der Waals surface area contributed by atoms with Crippen LogP contribution in [0.1, 0.15) is 21.6 Å². The van der Waals surface area contributed by atoms with Gasteiger partial charge < -0.3 is 4.74 Å². The maximum absolute atomic E-state index is 12.4. The normalized spacial score (nSPS) is 10.9. The minimum Gasteiger partial charge on any atom is -0.488 e. The Morgan fingerprint density at radius 1 is 1.12 bits per heavy atom. The lowest BCUT2D eigenvalue weighted by molar-refractivity contribution is -0.384. The van der Waals surface area contributed by atoms with Crippen molar-refractivity contribution in [3.63, 3.8) is 0 Å². The molecule has 0 saturated carbocycles. The van der Waals surface area contributed by atoms with Crippen LogP contribution in [0.5, 0.6) is 5.75 Å². The van der Waals surface area contributed by atoms with Crippen molar-refractivity contribution >= 4 is 29.4 Å². The molecule has 170 valence electrons. The number of aromatic nitrogens is 2. The fraction of sp³-hybridized carbons (Fsp3) is 0.0417. The number of nitro benzene ring substituents is 1. The molecule has 1 amide bonds. The van der Waals surface area contributed by atoms with E-state index in [9.17, 15) is 14.9 Å². The van der Waals surface area contributed by atoms with Gasteiger partial charge in [0.1, 0.15) is 18.1 Å². The number of carbonyl (C=O) groups is 1. The smallest absolute Gasteiger partial charge is 0.289 e. The Bertz CT molecular complexity index is 1350. The average molecular weight is 476 g/mol. The zero-order valence-electron chi connectivity index (χ0n) is 17.6. The monoisotopic (exact) mass is 475 g/mol. The third kappa shape index (κ3) is 5.45. The van der Waals surface area contributed by atoms with Crippen LogP contribution in [0.4, 0.5) is 5.69 Å². The molecule has 3 aromatic carbocycles. The lowest BCUT2D eigenvalue weighted by Crippen LogP contribution is -2.18. The molecule has 0 bridgehead atoms. The molecular weight excluding hydrogens is 458 g/mol. The number of para-hydroxylation sites is 1. The summed E-state index contributed by atoms with van der Waals surface area (Å²) in [6.45, 7) is 0.284. The van der Waals surface area contributed by atoms with Crippen LogP contribution in [0.25, 0.3) is 11.3 Å². The van der Waals surface area contributed by atoms with Gasteiger partial charge in [-0.1, -0.05) is 41.9 Å². The van der Waals surface area contributed by atoms with Crippen molar-refractivity contribution < 1.29 is 14.5 Å². The Kier molecular flexibility index (Phi) is 6.95. The van der Waals surface area contributed by atoms with E-state index in [1.54, 1.807) is 12.1 Å². The highest BCUT2D eigenvalue weighted by Gasteiger charge is 2.14. The summed E-state index contributed by atoms with van der Waals surface area (Å²) >= 11 is 6.21. The first-order valence-electron chi connectivity index (χ1n) is 10.1. The van der Waals surface area contributed by atoms with E-state index in [2.05, 4.69) is 20.7 Å². The number of hydrogen-bond acceptors (Lipinski definition) is 6. The van der Waals surface area contributed by atoms with Gasteiger partial charge >= 0.3 is 0 Å². The van der Waals surface area contributed by atoms with Crippen LogP contribution in [0.3, 0.4) is 0 Å². The lowest BCUT2D eigenvalue weighted by atomic mass is 10.1. The van der Waals surface area contributed by atoms with Gasteiger partial charge in [0.2, 0.25) is 0 Å². The van der Waals surface area contributed by atoms with Gasteiger partial charge in [-0.05, 0) is 42.0 Å². The number of carbonyl (C=O) groups excluding carboxylic acids is 1. The van der Waals surface area contributed by atoms with Gasteiger partial charge in [0, 0.05) is 28.3 Å². The third-order valence-corrected chi connectivity index (χ3v) is 5.18. The Morgan fingerprint density at radius 2 is 1.85 bits per heavy atom. The molecule has 0 aliphatic carbocycles. The number of nitro groups is 1. The fourth-order valence-electron chi connectivity index (χ4n) is 3.06.